The van der Waals surface area contributed by atoms with Crippen LogP contribution in [0.25, 0.3) is 6.08 Å². The second-order valence-electron chi connectivity index (χ2n) is 9.95. The van der Waals surface area contributed by atoms with Gasteiger partial charge < -0.3 is 23.7 Å². The summed E-state index contributed by atoms with van der Waals surface area (Å²) in [5.41, 5.74) is 1.93. The SMILES string of the molecule is CCC(C)c1ccc(OCCOc2c(OC)cc(/C=C3\C(=N)N4N=C(COc5ccccc5)SC4=NC3=O)cc2OC)cc1. The minimum absolute atomic E-state index is 0.0776. The van der Waals surface area contributed by atoms with E-state index in [1.54, 1.807) is 18.2 Å². The first-order valence-corrected chi connectivity index (χ1v) is 15.0. The molecule has 0 saturated heterocycles. The molecule has 1 atom stereocenters. The molecule has 5 rings (SSSR count). The smallest absolute Gasteiger partial charge is 0.283 e. The van der Waals surface area contributed by atoms with Gasteiger partial charge in [0.2, 0.25) is 10.9 Å². The monoisotopic (exact) mass is 614 g/mol. The second-order valence-corrected chi connectivity index (χ2v) is 11.0. The van der Waals surface area contributed by atoms with E-state index >= 15 is 0 Å². The van der Waals surface area contributed by atoms with Gasteiger partial charge in [0.05, 0.1) is 19.8 Å². The van der Waals surface area contributed by atoms with Gasteiger partial charge in [0, 0.05) is 0 Å². The molecule has 2 aliphatic heterocycles. The normalized spacial score (nSPS) is 15.8. The van der Waals surface area contributed by atoms with Crippen molar-refractivity contribution >= 4 is 39.8 Å². The molecule has 1 unspecified atom stereocenters. The van der Waals surface area contributed by atoms with Gasteiger partial charge in [-0.05, 0) is 77.7 Å². The summed E-state index contributed by atoms with van der Waals surface area (Å²) in [6.45, 7) is 5.13. The number of fused-ring (bicyclic) bond motifs is 1. The number of thioether (sulfide) groups is 1. The molecule has 11 heteroatoms. The van der Waals surface area contributed by atoms with Gasteiger partial charge in [-0.1, -0.05) is 44.2 Å². The fraction of sp³-hybridized carbons (Fsp3) is 0.273. The van der Waals surface area contributed by atoms with Crippen LogP contribution in [0.5, 0.6) is 28.7 Å². The molecule has 10 nitrogen and oxygen atoms in total. The Kier molecular flexibility index (Phi) is 9.86. The number of nitrogens with one attached hydrogen (secondary N) is 1. The minimum atomic E-state index is -0.540. The molecule has 0 fully saturated rings. The zero-order valence-corrected chi connectivity index (χ0v) is 25.8. The molecule has 3 aromatic rings. The fourth-order valence-electron chi connectivity index (χ4n) is 4.48. The van der Waals surface area contributed by atoms with E-state index in [1.165, 1.54) is 36.6 Å². The van der Waals surface area contributed by atoms with Crippen LogP contribution >= 0.6 is 11.8 Å². The van der Waals surface area contributed by atoms with E-state index in [2.05, 4.69) is 36.1 Å². The standard InChI is InChI=1S/C33H34N4O6S/c1-5-21(2)23-11-13-25(14-12-23)41-15-16-42-30-27(39-3)18-22(19-28(30)40-4)17-26-31(34)37-33(35-32(26)38)44-29(36-37)20-43-24-9-7-6-8-10-24/h6-14,17-19,21,34H,5,15-16,20H2,1-4H3/b26-17+,34-31?. The van der Waals surface area contributed by atoms with Crippen molar-refractivity contribution < 1.29 is 28.5 Å². The van der Waals surface area contributed by atoms with Gasteiger partial charge in [-0.25, -0.2) is 0 Å². The van der Waals surface area contributed by atoms with Crippen LogP contribution in [-0.4, -0.2) is 61.0 Å². The summed E-state index contributed by atoms with van der Waals surface area (Å²) in [4.78, 5) is 17.1. The molecule has 0 spiro atoms. The summed E-state index contributed by atoms with van der Waals surface area (Å²) in [5.74, 6) is 2.56. The highest BCUT2D eigenvalue weighted by Gasteiger charge is 2.36. The first kappa shape index (κ1) is 30.7. The van der Waals surface area contributed by atoms with E-state index in [-0.39, 0.29) is 24.6 Å². The number of nitrogens with zero attached hydrogens (tertiary/aromatic N) is 3. The maximum absolute atomic E-state index is 13.0. The maximum Gasteiger partial charge on any atom is 0.283 e. The predicted molar refractivity (Wildman–Crippen MR) is 173 cm³/mol. The largest absolute Gasteiger partial charge is 0.493 e. The highest BCUT2D eigenvalue weighted by atomic mass is 32.2. The van der Waals surface area contributed by atoms with Crippen LogP contribution in [0.2, 0.25) is 0 Å². The Balaban J connectivity index is 1.25. The van der Waals surface area contributed by atoms with Crippen LogP contribution in [0.4, 0.5) is 0 Å². The van der Waals surface area contributed by atoms with Gasteiger partial charge in [-0.2, -0.15) is 15.1 Å². The first-order valence-electron chi connectivity index (χ1n) is 14.2. The second kappa shape index (κ2) is 14.1. The topological polar surface area (TPSA) is 115 Å². The predicted octanol–water partition coefficient (Wildman–Crippen LogP) is 6.37. The Bertz CT molecular complexity index is 1580. The molecule has 1 amide bonds. The Morgan fingerprint density at radius 1 is 0.932 bits per heavy atom. The zero-order valence-electron chi connectivity index (χ0n) is 25.0. The fourth-order valence-corrected chi connectivity index (χ4v) is 5.27. The average molecular weight is 615 g/mol. The molecular weight excluding hydrogens is 580 g/mol. The molecule has 44 heavy (non-hydrogen) atoms. The number of hydrogen-bond donors (Lipinski definition) is 1. The van der Waals surface area contributed by atoms with Crippen molar-refractivity contribution in [1.29, 1.82) is 5.41 Å². The quantitative estimate of drug-likeness (QED) is 0.174. The molecular formula is C33H34N4O6S. The van der Waals surface area contributed by atoms with Gasteiger partial charge in [0.25, 0.3) is 5.91 Å². The van der Waals surface area contributed by atoms with E-state index < -0.39 is 5.91 Å². The third-order valence-corrected chi connectivity index (χ3v) is 7.94. The van der Waals surface area contributed by atoms with E-state index in [1.807, 2.05) is 42.5 Å². The molecule has 0 radical (unpaired) electrons. The number of aliphatic imine (C=N–C) groups is 1. The molecule has 2 aliphatic rings. The minimum Gasteiger partial charge on any atom is -0.493 e. The Morgan fingerprint density at radius 2 is 1.59 bits per heavy atom. The number of carbonyl (C=O) groups excluding carboxylic acids is 1. The number of amides is 1. The lowest BCUT2D eigenvalue weighted by Gasteiger charge is -2.20. The molecule has 0 aromatic heterocycles. The van der Waals surface area contributed by atoms with Crippen LogP contribution in [0, 0.1) is 5.41 Å². The summed E-state index contributed by atoms with van der Waals surface area (Å²) in [6, 6.07) is 20.9. The number of methoxy groups -OCH3 is 2. The number of para-hydroxylation sites is 1. The van der Waals surface area contributed by atoms with Crippen molar-refractivity contribution in [2.45, 2.75) is 26.2 Å². The Morgan fingerprint density at radius 3 is 2.25 bits per heavy atom. The molecule has 0 bridgehead atoms. The molecule has 0 saturated carbocycles. The van der Waals surface area contributed by atoms with Gasteiger partial charge >= 0.3 is 0 Å². The average Bonchev–Trinajstić information content (AvgIpc) is 3.47. The summed E-state index contributed by atoms with van der Waals surface area (Å²) >= 11 is 1.20. The van der Waals surface area contributed by atoms with E-state index in [4.69, 9.17) is 29.1 Å². The van der Waals surface area contributed by atoms with Crippen LogP contribution in [0.15, 0.2) is 82.4 Å². The molecule has 228 valence electrons. The summed E-state index contributed by atoms with van der Waals surface area (Å²) in [6.07, 6.45) is 2.64. The number of carbonyl (C=O) groups is 1. The first-order chi connectivity index (χ1) is 21.4. The number of hydrazone groups is 1. The number of rotatable bonds is 13. The lowest BCUT2D eigenvalue weighted by molar-refractivity contribution is -0.114. The van der Waals surface area contributed by atoms with Crippen molar-refractivity contribution in [3.63, 3.8) is 0 Å². The highest BCUT2D eigenvalue weighted by Crippen LogP contribution is 2.39. The van der Waals surface area contributed by atoms with Crippen LogP contribution in [0.1, 0.15) is 37.3 Å². The van der Waals surface area contributed by atoms with Crippen LogP contribution in [0.3, 0.4) is 0 Å². The van der Waals surface area contributed by atoms with E-state index in [0.717, 1.165) is 12.2 Å². The third kappa shape index (κ3) is 7.05. The number of hydrogen-bond acceptors (Lipinski definition) is 9. The molecule has 1 N–H and O–H groups in total. The van der Waals surface area contributed by atoms with Crippen molar-refractivity contribution in [2.24, 2.45) is 10.1 Å². The van der Waals surface area contributed by atoms with Crippen molar-refractivity contribution in [3.05, 3.63) is 83.4 Å². The lowest BCUT2D eigenvalue weighted by Crippen LogP contribution is -2.35. The van der Waals surface area contributed by atoms with Crippen LogP contribution in [-0.2, 0) is 4.79 Å². The van der Waals surface area contributed by atoms with Gasteiger partial charge in [0.1, 0.15) is 36.4 Å². The van der Waals surface area contributed by atoms with Crippen molar-refractivity contribution in [3.8, 4) is 28.7 Å². The highest BCUT2D eigenvalue weighted by molar-refractivity contribution is 8.27. The summed E-state index contributed by atoms with van der Waals surface area (Å²) in [5, 5.41) is 15.4. The van der Waals surface area contributed by atoms with Crippen molar-refractivity contribution in [1.82, 2.24) is 5.01 Å². The van der Waals surface area contributed by atoms with Gasteiger partial charge in [0.15, 0.2) is 17.3 Å². The van der Waals surface area contributed by atoms with E-state index in [0.29, 0.717) is 51.3 Å². The number of ether oxygens (including phenoxy) is 5. The summed E-state index contributed by atoms with van der Waals surface area (Å²) < 4.78 is 28.8. The molecule has 2 heterocycles. The zero-order chi connectivity index (χ0) is 31.1. The molecule has 0 aliphatic carbocycles. The molecule has 3 aromatic carbocycles. The van der Waals surface area contributed by atoms with Gasteiger partial charge in [-0.15, -0.1) is 0 Å². The van der Waals surface area contributed by atoms with Crippen molar-refractivity contribution in [2.75, 3.05) is 34.0 Å². The Labute approximate surface area is 260 Å². The number of amidine groups is 2. The maximum atomic E-state index is 13.0. The van der Waals surface area contributed by atoms with E-state index in [9.17, 15) is 4.79 Å². The number of benzene rings is 3. The summed E-state index contributed by atoms with van der Waals surface area (Å²) in [7, 11) is 3.04. The third-order valence-electron chi connectivity index (χ3n) is 7.06. The Hall–Kier alpha value is -4.77. The van der Waals surface area contributed by atoms with Crippen LogP contribution < -0.4 is 23.7 Å². The lowest BCUT2D eigenvalue weighted by atomic mass is 9.99. The van der Waals surface area contributed by atoms with Gasteiger partial charge in [-0.3, -0.25) is 10.2 Å².